The molecule has 0 saturated heterocycles. The highest BCUT2D eigenvalue weighted by atomic mass is 16.3. The molecule has 2 unspecified atom stereocenters. The minimum absolute atomic E-state index is 0.575. The summed E-state index contributed by atoms with van der Waals surface area (Å²) in [6.45, 7) is 4.74. The van der Waals surface area contributed by atoms with Gasteiger partial charge < -0.3 is 9.73 Å². The molecule has 3 heteroatoms. The number of nitrogens with one attached hydrogen (secondary N) is 1. The van der Waals surface area contributed by atoms with Crippen molar-refractivity contribution >= 4 is 16.8 Å². The zero-order valence-electron chi connectivity index (χ0n) is 12.9. The van der Waals surface area contributed by atoms with Crippen molar-refractivity contribution in [2.75, 3.05) is 5.32 Å². The molecule has 2 fully saturated rings. The Bertz CT molecular complexity index is 634. The van der Waals surface area contributed by atoms with E-state index in [0.29, 0.717) is 12.0 Å². The van der Waals surface area contributed by atoms with Gasteiger partial charge in [-0.05, 0) is 55.7 Å². The van der Waals surface area contributed by atoms with Gasteiger partial charge in [0, 0.05) is 17.6 Å². The van der Waals surface area contributed by atoms with Gasteiger partial charge in [-0.3, -0.25) is 0 Å². The number of hydrogen-bond acceptors (Lipinski definition) is 3. The van der Waals surface area contributed by atoms with Gasteiger partial charge >= 0.3 is 0 Å². The van der Waals surface area contributed by atoms with E-state index < -0.39 is 0 Å². The van der Waals surface area contributed by atoms with E-state index in [1.54, 1.807) is 0 Å². The lowest BCUT2D eigenvalue weighted by molar-refractivity contribution is 0.268. The predicted octanol–water partition coefficient (Wildman–Crippen LogP) is 4.94. The molecule has 0 aliphatic heterocycles. The second-order valence-corrected chi connectivity index (χ2v) is 7.06. The predicted molar refractivity (Wildman–Crippen MR) is 85.6 cm³/mol. The number of rotatable bonds is 3. The smallest absolute Gasteiger partial charge is 0.198 e. The lowest BCUT2D eigenvalue weighted by atomic mass is 9.78. The average molecular weight is 284 g/mol. The number of nitrogens with zero attached hydrogens (tertiary/aromatic N) is 1. The van der Waals surface area contributed by atoms with E-state index in [1.807, 2.05) is 0 Å². The third-order valence-corrected chi connectivity index (χ3v) is 5.21. The van der Waals surface area contributed by atoms with Crippen LogP contribution in [0.4, 0.5) is 5.69 Å². The van der Waals surface area contributed by atoms with Crippen molar-refractivity contribution in [2.24, 2.45) is 11.8 Å². The van der Waals surface area contributed by atoms with Crippen LogP contribution in [0.3, 0.4) is 0 Å². The molecule has 1 aromatic carbocycles. The summed E-state index contributed by atoms with van der Waals surface area (Å²) in [5.41, 5.74) is 3.11. The first-order valence-electron chi connectivity index (χ1n) is 8.38. The number of oxazole rings is 1. The highest BCUT2D eigenvalue weighted by molar-refractivity contribution is 5.77. The maximum atomic E-state index is 5.84. The molecule has 1 aromatic heterocycles. The van der Waals surface area contributed by atoms with Crippen molar-refractivity contribution in [3.63, 3.8) is 0 Å². The summed E-state index contributed by atoms with van der Waals surface area (Å²) in [5, 5.41) is 3.74. The monoisotopic (exact) mass is 284 g/mol. The summed E-state index contributed by atoms with van der Waals surface area (Å²) in [6, 6.07) is 6.93. The zero-order valence-corrected chi connectivity index (χ0v) is 12.9. The van der Waals surface area contributed by atoms with Crippen molar-refractivity contribution < 1.29 is 4.42 Å². The van der Waals surface area contributed by atoms with Gasteiger partial charge in [-0.15, -0.1) is 0 Å². The van der Waals surface area contributed by atoms with Gasteiger partial charge in [-0.1, -0.05) is 20.3 Å². The van der Waals surface area contributed by atoms with Gasteiger partial charge in [-0.25, -0.2) is 4.98 Å². The lowest BCUT2D eigenvalue weighted by Crippen LogP contribution is -2.37. The van der Waals surface area contributed by atoms with Crippen LogP contribution in [0.15, 0.2) is 22.6 Å². The Balaban J connectivity index is 1.58. The molecule has 0 radical (unpaired) electrons. The van der Waals surface area contributed by atoms with Crippen molar-refractivity contribution in [1.82, 2.24) is 4.98 Å². The third-order valence-electron chi connectivity index (χ3n) is 5.21. The number of anilines is 1. The van der Waals surface area contributed by atoms with E-state index in [9.17, 15) is 0 Å². The fraction of sp³-hybridized carbons (Fsp3) is 0.611. The summed E-state index contributed by atoms with van der Waals surface area (Å²) in [7, 11) is 0. The lowest BCUT2D eigenvalue weighted by Gasteiger charge is -2.35. The average Bonchev–Trinajstić information content (AvgIpc) is 3.23. The first kappa shape index (κ1) is 13.2. The summed E-state index contributed by atoms with van der Waals surface area (Å²) in [6.07, 6.45) is 6.50. The summed E-state index contributed by atoms with van der Waals surface area (Å²) in [5.74, 6) is 2.99. The molecule has 0 bridgehead atoms. The zero-order chi connectivity index (χ0) is 14.4. The third kappa shape index (κ3) is 2.54. The van der Waals surface area contributed by atoms with Gasteiger partial charge in [-0.2, -0.15) is 0 Å². The molecule has 4 rings (SSSR count). The molecule has 1 N–H and O–H groups in total. The molecule has 2 atom stereocenters. The largest absolute Gasteiger partial charge is 0.440 e. The molecule has 112 valence electrons. The van der Waals surface area contributed by atoms with Crippen molar-refractivity contribution in [3.8, 4) is 0 Å². The van der Waals surface area contributed by atoms with E-state index in [2.05, 4.69) is 42.3 Å². The van der Waals surface area contributed by atoms with Gasteiger partial charge in [0.25, 0.3) is 0 Å². The Morgan fingerprint density at radius 3 is 2.57 bits per heavy atom. The number of hydrogen-bond donors (Lipinski definition) is 1. The molecule has 2 aromatic rings. The normalized spacial score (nSPS) is 29.7. The molecule has 0 amide bonds. The highest BCUT2D eigenvalue weighted by Gasteiger charge is 2.29. The van der Waals surface area contributed by atoms with E-state index in [1.165, 1.54) is 37.8 Å². The number of benzene rings is 1. The fourth-order valence-corrected chi connectivity index (χ4v) is 3.70. The molecule has 2 saturated carbocycles. The SMILES string of the molecule is CC1CCCC(C)C1Nc1ccc2oc(C3CC3)nc2c1. The molecule has 0 spiro atoms. The molecule has 2 aliphatic carbocycles. The van der Waals surface area contributed by atoms with Gasteiger partial charge in [0.2, 0.25) is 0 Å². The van der Waals surface area contributed by atoms with Crippen LogP contribution in [0.1, 0.15) is 57.8 Å². The standard InChI is InChI=1S/C18H24N2O/c1-11-4-3-5-12(2)17(11)19-14-8-9-16-15(10-14)20-18(21-16)13-6-7-13/h8-13,17,19H,3-7H2,1-2H3. The van der Waals surface area contributed by atoms with E-state index in [0.717, 1.165) is 28.8 Å². The van der Waals surface area contributed by atoms with Gasteiger partial charge in [0.05, 0.1) is 0 Å². The van der Waals surface area contributed by atoms with E-state index in [-0.39, 0.29) is 0 Å². The molecule has 21 heavy (non-hydrogen) atoms. The van der Waals surface area contributed by atoms with Gasteiger partial charge in [0.1, 0.15) is 5.52 Å². The minimum Gasteiger partial charge on any atom is -0.440 e. The van der Waals surface area contributed by atoms with E-state index >= 15 is 0 Å². The second-order valence-electron chi connectivity index (χ2n) is 7.06. The fourth-order valence-electron chi connectivity index (χ4n) is 3.70. The van der Waals surface area contributed by atoms with Crippen molar-refractivity contribution in [1.29, 1.82) is 0 Å². The number of fused-ring (bicyclic) bond motifs is 1. The highest BCUT2D eigenvalue weighted by Crippen LogP contribution is 2.41. The maximum Gasteiger partial charge on any atom is 0.198 e. The summed E-state index contributed by atoms with van der Waals surface area (Å²) < 4.78 is 5.84. The van der Waals surface area contributed by atoms with E-state index in [4.69, 9.17) is 4.42 Å². The molecular weight excluding hydrogens is 260 g/mol. The molecule has 3 nitrogen and oxygen atoms in total. The Kier molecular flexibility index (Phi) is 3.16. The Morgan fingerprint density at radius 1 is 1.10 bits per heavy atom. The minimum atomic E-state index is 0.575. The van der Waals surface area contributed by atoms with Crippen molar-refractivity contribution in [2.45, 2.75) is 57.9 Å². The van der Waals surface area contributed by atoms with Crippen LogP contribution in [0, 0.1) is 11.8 Å². The second kappa shape index (κ2) is 5.04. The van der Waals surface area contributed by atoms with Crippen LogP contribution in [-0.2, 0) is 0 Å². The van der Waals surface area contributed by atoms with Crippen LogP contribution in [0.5, 0.6) is 0 Å². The van der Waals surface area contributed by atoms with Crippen LogP contribution >= 0.6 is 0 Å². The quantitative estimate of drug-likeness (QED) is 0.867. The maximum absolute atomic E-state index is 5.84. The van der Waals surface area contributed by atoms with Gasteiger partial charge in [0.15, 0.2) is 11.5 Å². The first-order chi connectivity index (χ1) is 10.2. The summed E-state index contributed by atoms with van der Waals surface area (Å²) >= 11 is 0. The topological polar surface area (TPSA) is 38.1 Å². The van der Waals surface area contributed by atoms with Crippen LogP contribution in [0.2, 0.25) is 0 Å². The molecule has 1 heterocycles. The molecule has 2 aliphatic rings. The van der Waals surface area contributed by atoms with Crippen LogP contribution in [-0.4, -0.2) is 11.0 Å². The Labute approximate surface area is 126 Å². The number of aromatic nitrogens is 1. The van der Waals surface area contributed by atoms with Crippen LogP contribution < -0.4 is 5.32 Å². The van der Waals surface area contributed by atoms with Crippen molar-refractivity contribution in [3.05, 3.63) is 24.1 Å². The molecular formula is C18H24N2O. The Morgan fingerprint density at radius 2 is 1.86 bits per heavy atom. The van der Waals surface area contributed by atoms with Crippen LogP contribution in [0.25, 0.3) is 11.1 Å². The Hall–Kier alpha value is -1.51. The summed E-state index contributed by atoms with van der Waals surface area (Å²) in [4.78, 5) is 4.66. The first-order valence-corrected chi connectivity index (χ1v) is 8.38.